The molecule has 0 saturated carbocycles. The number of morpholine rings is 1. The summed E-state index contributed by atoms with van der Waals surface area (Å²) in [6.45, 7) is 6.59. The molecule has 19 heavy (non-hydrogen) atoms. The van der Waals surface area contributed by atoms with E-state index in [2.05, 4.69) is 26.9 Å². The van der Waals surface area contributed by atoms with Crippen LogP contribution in [0.5, 0.6) is 0 Å². The Bertz CT molecular complexity index is 424. The highest BCUT2D eigenvalue weighted by atomic mass is 32.1. The number of rotatable bonds is 5. The van der Waals surface area contributed by atoms with E-state index < -0.39 is 5.97 Å². The molecule has 0 bridgehead atoms. The topological polar surface area (TPSA) is 63.7 Å². The van der Waals surface area contributed by atoms with Crippen LogP contribution in [-0.2, 0) is 9.47 Å². The molecular weight excluding hydrogens is 266 g/mol. The zero-order chi connectivity index (χ0) is 13.7. The Balaban J connectivity index is 1.81. The van der Waals surface area contributed by atoms with Crippen molar-refractivity contribution in [3.63, 3.8) is 0 Å². The number of hydrogen-bond donors (Lipinski definition) is 1. The zero-order valence-corrected chi connectivity index (χ0v) is 12.0. The number of nitrogens with zero attached hydrogens (tertiary/aromatic N) is 2. The number of aromatic nitrogens is 1. The summed E-state index contributed by atoms with van der Waals surface area (Å²) < 4.78 is 10.3. The summed E-state index contributed by atoms with van der Waals surface area (Å²) in [5.74, 6) is -0.407. The van der Waals surface area contributed by atoms with Gasteiger partial charge >= 0.3 is 5.97 Å². The van der Waals surface area contributed by atoms with Crippen molar-refractivity contribution in [1.29, 1.82) is 0 Å². The molecule has 2 rings (SSSR count). The molecule has 1 atom stereocenters. The van der Waals surface area contributed by atoms with Gasteiger partial charge in [0.25, 0.3) is 0 Å². The molecule has 1 aliphatic rings. The van der Waals surface area contributed by atoms with Gasteiger partial charge in [-0.2, -0.15) is 0 Å². The van der Waals surface area contributed by atoms with Crippen LogP contribution in [0.15, 0.2) is 5.38 Å². The molecule has 0 amide bonds. The summed E-state index contributed by atoms with van der Waals surface area (Å²) in [5, 5.41) is 5.62. The standard InChI is InChI=1S/C12H19N3O3S/c1-3-15-4-5-18-9(7-15)6-13-12-14-10(8-19-12)11(16)17-2/h8-9H,3-7H2,1-2H3,(H,13,14). The molecule has 6 nitrogen and oxygen atoms in total. The highest BCUT2D eigenvalue weighted by molar-refractivity contribution is 7.13. The number of thiazole rings is 1. The van der Waals surface area contributed by atoms with Gasteiger partial charge in [-0.15, -0.1) is 11.3 Å². The third-order valence-corrected chi connectivity index (χ3v) is 3.85. The van der Waals surface area contributed by atoms with Crippen LogP contribution >= 0.6 is 11.3 Å². The van der Waals surface area contributed by atoms with Crippen molar-refractivity contribution in [3.8, 4) is 0 Å². The summed E-state index contributed by atoms with van der Waals surface area (Å²) in [5.41, 5.74) is 0.342. The van der Waals surface area contributed by atoms with Crippen molar-refractivity contribution < 1.29 is 14.3 Å². The van der Waals surface area contributed by atoms with Crippen LogP contribution in [0.25, 0.3) is 0 Å². The number of nitrogens with one attached hydrogen (secondary N) is 1. The van der Waals surface area contributed by atoms with Crippen molar-refractivity contribution in [2.24, 2.45) is 0 Å². The van der Waals surface area contributed by atoms with Gasteiger partial charge in [-0.3, -0.25) is 4.90 Å². The van der Waals surface area contributed by atoms with Gasteiger partial charge in [0.15, 0.2) is 10.8 Å². The maximum Gasteiger partial charge on any atom is 0.357 e. The maximum atomic E-state index is 11.3. The minimum Gasteiger partial charge on any atom is -0.464 e. The number of hydrogen-bond acceptors (Lipinski definition) is 7. The lowest BCUT2D eigenvalue weighted by Crippen LogP contribution is -2.45. The average Bonchev–Trinajstić information content (AvgIpc) is 2.93. The predicted octanol–water partition coefficient (Wildman–Crippen LogP) is 1.06. The normalized spacial score (nSPS) is 20.2. The molecule has 7 heteroatoms. The van der Waals surface area contributed by atoms with Crippen molar-refractivity contribution in [1.82, 2.24) is 9.88 Å². The van der Waals surface area contributed by atoms with Crippen LogP contribution in [0.2, 0.25) is 0 Å². The first kappa shape index (κ1) is 14.2. The molecule has 1 fully saturated rings. The smallest absolute Gasteiger partial charge is 0.357 e. The van der Waals surface area contributed by atoms with E-state index >= 15 is 0 Å². The van der Waals surface area contributed by atoms with Crippen LogP contribution in [0.1, 0.15) is 17.4 Å². The van der Waals surface area contributed by atoms with E-state index in [-0.39, 0.29) is 6.10 Å². The van der Waals surface area contributed by atoms with E-state index in [0.717, 1.165) is 31.4 Å². The first-order valence-electron chi connectivity index (χ1n) is 6.34. The predicted molar refractivity (Wildman–Crippen MR) is 73.8 cm³/mol. The molecule has 1 aliphatic heterocycles. The third-order valence-electron chi connectivity index (χ3n) is 3.05. The number of ether oxygens (including phenoxy) is 2. The second kappa shape index (κ2) is 6.83. The molecule has 2 heterocycles. The zero-order valence-electron chi connectivity index (χ0n) is 11.2. The summed E-state index contributed by atoms with van der Waals surface area (Å²) in [6, 6.07) is 0. The van der Waals surface area contributed by atoms with Gasteiger partial charge < -0.3 is 14.8 Å². The number of anilines is 1. The molecular formula is C12H19N3O3S. The van der Waals surface area contributed by atoms with Crippen molar-refractivity contribution in [2.75, 3.05) is 45.2 Å². The van der Waals surface area contributed by atoms with Gasteiger partial charge in [0.2, 0.25) is 0 Å². The lowest BCUT2D eigenvalue weighted by Gasteiger charge is -2.32. The summed E-state index contributed by atoms with van der Waals surface area (Å²) in [7, 11) is 1.35. The maximum absolute atomic E-state index is 11.3. The number of carbonyl (C=O) groups excluding carboxylic acids is 1. The summed E-state index contributed by atoms with van der Waals surface area (Å²) in [4.78, 5) is 17.8. The summed E-state index contributed by atoms with van der Waals surface area (Å²) in [6.07, 6.45) is 0.166. The molecule has 106 valence electrons. The van der Waals surface area contributed by atoms with Gasteiger partial charge in [0, 0.05) is 25.0 Å². The molecule has 0 aromatic carbocycles. The number of esters is 1. The SMILES string of the molecule is CCN1CCOC(CNc2nc(C(=O)OC)cs2)C1. The lowest BCUT2D eigenvalue weighted by atomic mass is 10.2. The molecule has 0 aliphatic carbocycles. The minimum absolute atomic E-state index is 0.166. The Morgan fingerprint density at radius 2 is 2.58 bits per heavy atom. The van der Waals surface area contributed by atoms with Gasteiger partial charge in [-0.05, 0) is 6.54 Å². The van der Waals surface area contributed by atoms with E-state index in [1.165, 1.54) is 18.4 Å². The highest BCUT2D eigenvalue weighted by Gasteiger charge is 2.19. The van der Waals surface area contributed by atoms with Crippen LogP contribution in [0, 0.1) is 0 Å². The van der Waals surface area contributed by atoms with E-state index in [9.17, 15) is 4.79 Å². The molecule has 0 radical (unpaired) electrons. The van der Waals surface area contributed by atoms with Crippen molar-refractivity contribution >= 4 is 22.4 Å². The molecule has 1 N–H and O–H groups in total. The Morgan fingerprint density at radius 1 is 1.74 bits per heavy atom. The number of methoxy groups -OCH3 is 1. The molecule has 1 aromatic heterocycles. The Labute approximate surface area is 116 Å². The van der Waals surface area contributed by atoms with Gasteiger partial charge in [-0.25, -0.2) is 9.78 Å². The van der Waals surface area contributed by atoms with E-state index in [1.807, 2.05) is 0 Å². The summed E-state index contributed by atoms with van der Waals surface area (Å²) >= 11 is 1.40. The first-order valence-corrected chi connectivity index (χ1v) is 7.22. The van der Waals surface area contributed by atoms with Crippen molar-refractivity contribution in [3.05, 3.63) is 11.1 Å². The van der Waals surface area contributed by atoms with E-state index in [1.54, 1.807) is 5.38 Å². The monoisotopic (exact) mass is 285 g/mol. The van der Waals surface area contributed by atoms with Crippen molar-refractivity contribution in [2.45, 2.75) is 13.0 Å². The van der Waals surface area contributed by atoms with Gasteiger partial charge in [0.05, 0.1) is 19.8 Å². The largest absolute Gasteiger partial charge is 0.464 e. The number of likely N-dealkylation sites (N-methyl/N-ethyl adjacent to an activating group) is 1. The van der Waals surface area contributed by atoms with E-state index in [0.29, 0.717) is 12.2 Å². The third kappa shape index (κ3) is 3.89. The van der Waals surface area contributed by atoms with Gasteiger partial charge in [0.1, 0.15) is 0 Å². The second-order valence-corrected chi connectivity index (χ2v) is 5.15. The second-order valence-electron chi connectivity index (χ2n) is 4.30. The molecule has 1 unspecified atom stereocenters. The number of carbonyl (C=O) groups is 1. The van der Waals surface area contributed by atoms with Crippen LogP contribution < -0.4 is 5.32 Å². The fraction of sp³-hybridized carbons (Fsp3) is 0.667. The van der Waals surface area contributed by atoms with Crippen LogP contribution in [-0.4, -0.2) is 61.9 Å². The Kier molecular flexibility index (Phi) is 5.12. The van der Waals surface area contributed by atoms with Crippen LogP contribution in [0.4, 0.5) is 5.13 Å². The minimum atomic E-state index is -0.407. The molecule has 1 aromatic rings. The average molecular weight is 285 g/mol. The molecule has 0 spiro atoms. The van der Waals surface area contributed by atoms with E-state index in [4.69, 9.17) is 4.74 Å². The molecule has 1 saturated heterocycles. The van der Waals surface area contributed by atoms with Crippen LogP contribution in [0.3, 0.4) is 0 Å². The Morgan fingerprint density at radius 3 is 3.32 bits per heavy atom. The fourth-order valence-corrected chi connectivity index (χ4v) is 2.64. The Hall–Kier alpha value is -1.18. The first-order chi connectivity index (χ1) is 9.22. The highest BCUT2D eigenvalue weighted by Crippen LogP contribution is 2.16. The lowest BCUT2D eigenvalue weighted by molar-refractivity contribution is -0.0191. The fourth-order valence-electron chi connectivity index (χ4n) is 1.95. The van der Waals surface area contributed by atoms with Gasteiger partial charge in [-0.1, -0.05) is 6.92 Å². The quantitative estimate of drug-likeness (QED) is 0.816.